The van der Waals surface area contributed by atoms with Crippen molar-refractivity contribution in [3.8, 4) is 0 Å². The van der Waals surface area contributed by atoms with Crippen LogP contribution in [0.1, 0.15) is 31.1 Å². The Bertz CT molecular complexity index is 11.2. The summed E-state index contributed by atoms with van der Waals surface area (Å²) in [6, 6.07) is 0. The summed E-state index contributed by atoms with van der Waals surface area (Å²) >= 11 is 0. The van der Waals surface area contributed by atoms with Gasteiger partial charge in [-0.2, -0.15) is 40.5 Å². The van der Waals surface area contributed by atoms with Gasteiger partial charge in [-0.15, -0.1) is 0 Å². The molecule has 56 valence electrons. The van der Waals surface area contributed by atoms with Crippen LogP contribution in [0.15, 0.2) is 0 Å². The van der Waals surface area contributed by atoms with E-state index in [0.29, 0.717) is 0 Å². The van der Waals surface area contributed by atoms with Gasteiger partial charge in [-0.05, 0) is 0 Å². The van der Waals surface area contributed by atoms with Crippen molar-refractivity contribution >= 4 is 40.5 Å². The van der Waals surface area contributed by atoms with Gasteiger partial charge in [0.2, 0.25) is 0 Å². The van der Waals surface area contributed by atoms with E-state index in [2.05, 4.69) is 0 Å². The molecule has 0 nitrogen and oxygen atoms in total. The molecule has 0 heterocycles. The minimum atomic E-state index is 0. The van der Waals surface area contributed by atoms with Gasteiger partial charge in [0.25, 0.3) is 0 Å². The molecular formula is C4H22S3. The van der Waals surface area contributed by atoms with Gasteiger partial charge >= 0.3 is 0 Å². The Kier molecular flexibility index (Phi) is 3180. The second kappa shape index (κ2) is 234. The van der Waals surface area contributed by atoms with Gasteiger partial charge in [-0.3, -0.25) is 0 Å². The van der Waals surface area contributed by atoms with E-state index in [1.165, 1.54) is 7.40 Å². The summed E-state index contributed by atoms with van der Waals surface area (Å²) in [6.45, 7) is 0. The van der Waals surface area contributed by atoms with Gasteiger partial charge in [-0.1, -0.05) is 29.7 Å². The van der Waals surface area contributed by atoms with E-state index in [1.54, 1.807) is 0 Å². The van der Waals surface area contributed by atoms with Crippen LogP contribution in [0.3, 0.4) is 0 Å². The van der Waals surface area contributed by atoms with Crippen molar-refractivity contribution in [1.29, 1.82) is 0 Å². The second-order valence-corrected chi connectivity index (χ2v) is 0. The Morgan fingerprint density at radius 2 is 0.571 bits per heavy atom. The highest BCUT2D eigenvalue weighted by Gasteiger charge is -0.0745. The van der Waals surface area contributed by atoms with Crippen LogP contribution in [-0.2, 0) is 0 Å². The molecule has 7 heavy (non-hydrogen) atoms. The fourth-order valence-corrected chi connectivity index (χ4v) is 0. The molecule has 0 spiro atoms. The van der Waals surface area contributed by atoms with Crippen LogP contribution in [0.25, 0.3) is 0 Å². The van der Waals surface area contributed by atoms with Gasteiger partial charge in [-0.25, -0.2) is 0 Å². The van der Waals surface area contributed by atoms with Crippen molar-refractivity contribution in [3.63, 3.8) is 0 Å². The zero-order chi connectivity index (χ0) is 2.00. The lowest BCUT2D eigenvalue weighted by molar-refractivity contribution is 2.50. The Labute approximate surface area is 71.8 Å². The van der Waals surface area contributed by atoms with Crippen LogP contribution in [0.2, 0.25) is 0 Å². The van der Waals surface area contributed by atoms with Crippen LogP contribution < -0.4 is 0 Å². The van der Waals surface area contributed by atoms with Crippen molar-refractivity contribution < 1.29 is 1.37 Å². The Hall–Kier alpha value is 1.05. The van der Waals surface area contributed by atoms with E-state index in [9.17, 15) is 0 Å². The summed E-state index contributed by atoms with van der Waals surface area (Å²) in [5.41, 5.74) is 0. The molecule has 0 saturated carbocycles. The summed E-state index contributed by atoms with van der Waals surface area (Å²) in [4.78, 5) is 0. The quantitative estimate of drug-likeness (QED) is 0.522. The molecule has 0 aromatic carbocycles. The average Bonchev–Trinajstić information content (AvgIpc) is 1.00. The molecule has 0 aromatic rings. The lowest BCUT2D eigenvalue weighted by Crippen LogP contribution is 0.143. The molecular weight excluding hydrogens is 144 g/mol. The summed E-state index contributed by atoms with van der Waals surface area (Å²) < 4.78 is 5.75. The lowest BCUT2D eigenvalue weighted by Gasteiger charge is -0.198. The first-order valence-corrected chi connectivity index (χ1v) is 0. The average molecular weight is 168 g/mol. The molecule has 0 aliphatic heterocycles. The van der Waals surface area contributed by atoms with E-state index in [4.69, 9.17) is 1.37 Å². The molecule has 0 fully saturated rings. The summed E-state index contributed by atoms with van der Waals surface area (Å²) in [7, 11) is 1.25. The molecule has 0 rings (SSSR count). The maximum absolute atomic E-state index is 5.75. The van der Waals surface area contributed by atoms with Crippen molar-refractivity contribution in [3.05, 3.63) is 0 Å². The molecule has 0 amide bonds. The van der Waals surface area contributed by atoms with Gasteiger partial charge in [0.05, 0.1) is 0 Å². The highest BCUT2D eigenvalue weighted by atomic mass is 32.1. The molecule has 0 atom stereocenters. The van der Waals surface area contributed by atoms with Gasteiger partial charge in [0.1, 0.15) is 0 Å². The largest absolute Gasteiger partial charge is 0.197 e. The van der Waals surface area contributed by atoms with Crippen LogP contribution in [-0.4, -0.2) is 0 Å². The highest BCUT2D eigenvalue weighted by Crippen LogP contribution is 0.650. The molecule has 0 unspecified atom stereocenters. The third kappa shape index (κ3) is 163. The smallest absolute Gasteiger partial charge is 0.0194 e. The first-order chi connectivity index (χ1) is 1.00. The predicted octanol–water partition coefficient (Wildman–Crippen LogP) is 2.88. The van der Waals surface area contributed by atoms with Crippen LogP contribution in [0.5, 0.6) is 0 Å². The summed E-state index contributed by atoms with van der Waals surface area (Å²) in [5, 5.41) is 0. The number of hydrogen-bond acceptors (Lipinski definition) is 0. The Balaban J connectivity index is -0.000000000333. The molecule has 0 aliphatic rings. The molecule has 0 saturated heterocycles. The normalized spacial score (nSPS) is 1.00. The van der Waals surface area contributed by atoms with Gasteiger partial charge in [0, 0.05) is 1.37 Å². The molecule has 3 heteroatoms. The number of rotatable bonds is 0. The fourth-order valence-electron chi connectivity index (χ4n) is 0. The maximum atomic E-state index is 5.75. The fraction of sp³-hybridized carbons (Fsp3) is 1.00. The summed E-state index contributed by atoms with van der Waals surface area (Å²) in [6.07, 6.45) is 0. The van der Waals surface area contributed by atoms with E-state index in [0.717, 1.165) is 0 Å². The van der Waals surface area contributed by atoms with Crippen molar-refractivity contribution in [1.82, 2.24) is 0 Å². The standard InChI is InChI=1S/4CH4.3H2S/h4*1H4;3*1H2/i1T;;;;;;. The zero-order valence-corrected chi connectivity index (χ0v) is 5.50. The third-order valence-corrected chi connectivity index (χ3v) is 0. The topological polar surface area (TPSA) is 0 Å². The van der Waals surface area contributed by atoms with Crippen LogP contribution in [0, 0.1) is 0 Å². The lowest BCUT2D eigenvalue weighted by atomic mass is 12.0. The highest BCUT2D eigenvalue weighted by molar-refractivity contribution is 7.59. The van der Waals surface area contributed by atoms with Crippen molar-refractivity contribution in [2.24, 2.45) is 0 Å². The van der Waals surface area contributed by atoms with Crippen molar-refractivity contribution in [2.75, 3.05) is 0 Å². The second-order valence-electron chi connectivity index (χ2n) is 0. The van der Waals surface area contributed by atoms with Crippen LogP contribution >= 0.6 is 40.5 Å². The molecule has 0 bridgehead atoms. The predicted molar refractivity (Wildman–Crippen MR) is 58.1 cm³/mol. The van der Waals surface area contributed by atoms with Gasteiger partial charge in [0.15, 0.2) is 0 Å². The Morgan fingerprint density at radius 3 is 0.571 bits per heavy atom. The third-order valence-electron chi connectivity index (χ3n) is 0. The molecule has 0 radical (unpaired) electrons. The van der Waals surface area contributed by atoms with Crippen molar-refractivity contribution in [2.45, 2.75) is 29.7 Å². The molecule has 0 N–H and O–H groups in total. The molecule has 0 aromatic heterocycles. The van der Waals surface area contributed by atoms with E-state index >= 15 is 0 Å². The Morgan fingerprint density at radius 1 is 0.571 bits per heavy atom. The van der Waals surface area contributed by atoms with E-state index in [-0.39, 0.29) is 62.8 Å². The minimum Gasteiger partial charge on any atom is -0.197 e. The van der Waals surface area contributed by atoms with E-state index < -0.39 is 0 Å². The van der Waals surface area contributed by atoms with Crippen LogP contribution in [0.4, 0.5) is 0 Å². The zero-order valence-electron chi connectivity index (χ0n) is 3.50. The molecule has 0 aliphatic carbocycles. The van der Waals surface area contributed by atoms with E-state index in [1.807, 2.05) is 0 Å². The van der Waals surface area contributed by atoms with Gasteiger partial charge < -0.3 is 0 Å². The first kappa shape index (κ1) is 95.2. The minimum absolute atomic E-state index is 0. The monoisotopic (exact) mass is 168 g/mol. The first-order valence-electron chi connectivity index (χ1n) is 1.00. The SMILES string of the molecule is C.C.C.S.S.S.[3H]C. The number of hydrogen-bond donors (Lipinski definition) is 0. The maximum Gasteiger partial charge on any atom is 0.0194 e. The summed E-state index contributed by atoms with van der Waals surface area (Å²) in [5.74, 6) is 0.